The molecular weight excluding hydrogens is 360 g/mol. The van der Waals surface area contributed by atoms with Gasteiger partial charge in [-0.15, -0.1) is 0 Å². The van der Waals surface area contributed by atoms with Crippen molar-refractivity contribution < 1.29 is 9.53 Å². The van der Waals surface area contributed by atoms with Crippen LogP contribution < -0.4 is 11.1 Å². The van der Waals surface area contributed by atoms with Gasteiger partial charge in [-0.1, -0.05) is 11.6 Å². The zero-order chi connectivity index (χ0) is 19.1. The number of aromatic amines is 1. The normalized spacial score (nSPS) is 16.1. The highest BCUT2D eigenvalue weighted by Crippen LogP contribution is 2.25. The maximum Gasteiger partial charge on any atom is 0.410 e. The lowest BCUT2D eigenvalue weighted by molar-refractivity contribution is 0.0188. The highest BCUT2D eigenvalue weighted by atomic mass is 35.5. The number of pyridine rings is 1. The number of amides is 1. The predicted octanol–water partition coefficient (Wildman–Crippen LogP) is 2.31. The van der Waals surface area contributed by atoms with E-state index in [0.29, 0.717) is 42.1 Å². The summed E-state index contributed by atoms with van der Waals surface area (Å²) in [6.07, 6.45) is 2.13. The molecule has 2 aromatic heterocycles. The summed E-state index contributed by atoms with van der Waals surface area (Å²) in [7, 11) is 0. The van der Waals surface area contributed by atoms with Crippen molar-refractivity contribution in [3.63, 3.8) is 0 Å². The number of nitrogens with zero attached hydrogens (tertiary/aromatic N) is 3. The summed E-state index contributed by atoms with van der Waals surface area (Å²) >= 11 is 5.93. The third-order valence-corrected chi connectivity index (χ3v) is 4.41. The standard InChI is InChI=1S/C17H21ClN4O4/c1-17(2,3)26-16(25)21-6-4-11(5-7-21)22-13-12(8-10(18)9-19-13)20-14(23)15(22)24/h8-9,11H,4-7H2,1-3H3,(H,20,23). The molecule has 9 heteroatoms. The van der Waals surface area contributed by atoms with Crippen LogP contribution >= 0.6 is 11.6 Å². The fourth-order valence-corrected chi connectivity index (χ4v) is 3.23. The smallest absolute Gasteiger partial charge is 0.410 e. The molecular formula is C17H21ClN4O4. The molecule has 0 unspecified atom stereocenters. The van der Waals surface area contributed by atoms with Crippen LogP contribution in [-0.4, -0.2) is 44.2 Å². The fourth-order valence-electron chi connectivity index (χ4n) is 3.07. The van der Waals surface area contributed by atoms with Crippen LogP contribution in [0.3, 0.4) is 0 Å². The number of hydrogen-bond acceptors (Lipinski definition) is 5. The molecule has 0 aromatic carbocycles. The monoisotopic (exact) mass is 380 g/mol. The highest BCUT2D eigenvalue weighted by molar-refractivity contribution is 6.30. The van der Waals surface area contributed by atoms with Gasteiger partial charge in [-0.25, -0.2) is 9.78 Å². The lowest BCUT2D eigenvalue weighted by Crippen LogP contribution is -2.45. The van der Waals surface area contributed by atoms with Crippen LogP contribution in [0.5, 0.6) is 0 Å². The summed E-state index contributed by atoms with van der Waals surface area (Å²) in [5.74, 6) is 0. The SMILES string of the molecule is CC(C)(C)OC(=O)N1CCC(n2c(=O)c(=O)[nH]c3cc(Cl)cnc32)CC1. The molecule has 1 aliphatic rings. The minimum absolute atomic E-state index is 0.223. The first-order valence-electron chi connectivity index (χ1n) is 8.44. The van der Waals surface area contributed by atoms with Crippen molar-refractivity contribution in [3.8, 4) is 0 Å². The van der Waals surface area contributed by atoms with Crippen molar-refractivity contribution in [2.75, 3.05) is 13.1 Å². The van der Waals surface area contributed by atoms with Gasteiger partial charge in [0, 0.05) is 25.3 Å². The molecule has 140 valence electrons. The zero-order valence-electron chi connectivity index (χ0n) is 14.9. The van der Waals surface area contributed by atoms with E-state index in [1.165, 1.54) is 10.8 Å². The van der Waals surface area contributed by atoms with Gasteiger partial charge in [0.25, 0.3) is 0 Å². The lowest BCUT2D eigenvalue weighted by Gasteiger charge is -2.34. The highest BCUT2D eigenvalue weighted by Gasteiger charge is 2.29. The van der Waals surface area contributed by atoms with E-state index in [2.05, 4.69) is 9.97 Å². The van der Waals surface area contributed by atoms with Gasteiger partial charge in [-0.3, -0.25) is 14.2 Å². The Labute approximate surface area is 154 Å². The number of carbonyl (C=O) groups is 1. The number of fused-ring (bicyclic) bond motifs is 1. The van der Waals surface area contributed by atoms with E-state index in [9.17, 15) is 14.4 Å². The van der Waals surface area contributed by atoms with Crippen LogP contribution in [-0.2, 0) is 4.74 Å². The van der Waals surface area contributed by atoms with E-state index in [1.54, 1.807) is 11.0 Å². The van der Waals surface area contributed by atoms with Crippen molar-refractivity contribution in [3.05, 3.63) is 38.0 Å². The molecule has 1 saturated heterocycles. The molecule has 8 nitrogen and oxygen atoms in total. The molecule has 3 rings (SSSR count). The number of carbonyl (C=O) groups excluding carboxylic acids is 1. The number of ether oxygens (including phenoxy) is 1. The largest absolute Gasteiger partial charge is 0.444 e. The molecule has 0 bridgehead atoms. The Morgan fingerprint density at radius 1 is 1.31 bits per heavy atom. The second-order valence-electron chi connectivity index (χ2n) is 7.35. The molecule has 2 aromatic rings. The lowest BCUT2D eigenvalue weighted by atomic mass is 10.0. The number of hydrogen-bond donors (Lipinski definition) is 1. The van der Waals surface area contributed by atoms with E-state index < -0.39 is 16.7 Å². The maximum absolute atomic E-state index is 12.4. The first-order valence-corrected chi connectivity index (χ1v) is 8.81. The van der Waals surface area contributed by atoms with Crippen LogP contribution in [0, 0.1) is 0 Å². The summed E-state index contributed by atoms with van der Waals surface area (Å²) in [6.45, 7) is 6.32. The van der Waals surface area contributed by atoms with E-state index in [0.717, 1.165) is 0 Å². The van der Waals surface area contributed by atoms with Gasteiger partial charge in [0.1, 0.15) is 5.60 Å². The fraction of sp³-hybridized carbons (Fsp3) is 0.529. The summed E-state index contributed by atoms with van der Waals surface area (Å²) < 4.78 is 6.79. The second kappa shape index (κ2) is 6.75. The van der Waals surface area contributed by atoms with Gasteiger partial charge < -0.3 is 14.6 Å². The number of H-pyrrole nitrogens is 1. The number of likely N-dealkylation sites (tertiary alicyclic amines) is 1. The van der Waals surface area contributed by atoms with E-state index in [1.807, 2.05) is 20.8 Å². The van der Waals surface area contributed by atoms with Crippen molar-refractivity contribution in [2.45, 2.75) is 45.3 Å². The molecule has 1 amide bonds. The van der Waals surface area contributed by atoms with Crippen LogP contribution in [0.2, 0.25) is 5.02 Å². The molecule has 0 atom stereocenters. The summed E-state index contributed by atoms with van der Waals surface area (Å²) in [5.41, 5.74) is -1.12. The number of halogens is 1. The van der Waals surface area contributed by atoms with Crippen molar-refractivity contribution >= 4 is 28.9 Å². The van der Waals surface area contributed by atoms with E-state index >= 15 is 0 Å². The quantitative estimate of drug-likeness (QED) is 0.765. The molecule has 0 aliphatic carbocycles. The molecule has 1 N–H and O–H groups in total. The van der Waals surface area contributed by atoms with Gasteiger partial charge in [-0.2, -0.15) is 0 Å². The topological polar surface area (TPSA) is 97.3 Å². The zero-order valence-corrected chi connectivity index (χ0v) is 15.7. The number of nitrogens with one attached hydrogen (secondary N) is 1. The van der Waals surface area contributed by atoms with Crippen molar-refractivity contribution in [1.29, 1.82) is 0 Å². The third-order valence-electron chi connectivity index (χ3n) is 4.20. The van der Waals surface area contributed by atoms with Gasteiger partial charge >= 0.3 is 17.2 Å². The number of rotatable bonds is 1. The predicted molar refractivity (Wildman–Crippen MR) is 97.7 cm³/mol. The van der Waals surface area contributed by atoms with E-state index in [4.69, 9.17) is 16.3 Å². The summed E-state index contributed by atoms with van der Waals surface area (Å²) in [4.78, 5) is 44.9. The van der Waals surface area contributed by atoms with Gasteiger partial charge in [0.05, 0.1) is 10.5 Å². The van der Waals surface area contributed by atoms with Crippen LogP contribution in [0.4, 0.5) is 4.79 Å². The molecule has 1 aliphatic heterocycles. The number of aromatic nitrogens is 3. The first kappa shape index (κ1) is 18.4. The van der Waals surface area contributed by atoms with Gasteiger partial charge in [0.2, 0.25) is 0 Å². The third kappa shape index (κ3) is 3.75. The molecule has 26 heavy (non-hydrogen) atoms. The van der Waals surface area contributed by atoms with Gasteiger partial charge in [-0.05, 0) is 39.7 Å². The average Bonchev–Trinajstić information content (AvgIpc) is 2.55. The van der Waals surface area contributed by atoms with Crippen LogP contribution in [0.15, 0.2) is 21.9 Å². The Morgan fingerprint density at radius 2 is 1.96 bits per heavy atom. The van der Waals surface area contributed by atoms with Crippen molar-refractivity contribution in [2.24, 2.45) is 0 Å². The molecule has 3 heterocycles. The Morgan fingerprint density at radius 3 is 2.58 bits per heavy atom. The number of piperidine rings is 1. The average molecular weight is 381 g/mol. The minimum atomic E-state index is -0.712. The Bertz CT molecular complexity index is 952. The van der Waals surface area contributed by atoms with Crippen LogP contribution in [0.25, 0.3) is 11.2 Å². The van der Waals surface area contributed by atoms with Crippen molar-refractivity contribution in [1.82, 2.24) is 19.4 Å². The molecule has 0 spiro atoms. The molecule has 0 saturated carbocycles. The van der Waals surface area contributed by atoms with E-state index in [-0.39, 0.29) is 12.1 Å². The second-order valence-corrected chi connectivity index (χ2v) is 7.79. The molecule has 1 fully saturated rings. The Balaban J connectivity index is 1.86. The Hall–Kier alpha value is -2.35. The van der Waals surface area contributed by atoms with Crippen LogP contribution in [0.1, 0.15) is 39.7 Å². The molecule has 0 radical (unpaired) electrons. The minimum Gasteiger partial charge on any atom is -0.444 e. The summed E-state index contributed by atoms with van der Waals surface area (Å²) in [5, 5.41) is 0.373. The summed E-state index contributed by atoms with van der Waals surface area (Å²) in [6, 6.07) is 1.34. The maximum atomic E-state index is 12.4. The Kier molecular flexibility index (Phi) is 4.79. The van der Waals surface area contributed by atoms with Gasteiger partial charge in [0.15, 0.2) is 5.65 Å². The first-order chi connectivity index (χ1) is 12.2.